The van der Waals surface area contributed by atoms with Crippen molar-refractivity contribution in [1.29, 1.82) is 0 Å². The monoisotopic (exact) mass is 209 g/mol. The quantitative estimate of drug-likeness (QED) is 0.688. The first-order valence-electron chi connectivity index (χ1n) is 5.01. The molecule has 0 aliphatic carbocycles. The maximum Gasteiger partial charge on any atom is 0.0455 e. The molecule has 0 saturated heterocycles. The van der Waals surface area contributed by atoms with Crippen molar-refractivity contribution >= 4 is 17.3 Å². The minimum atomic E-state index is 0.354. The zero-order chi connectivity index (χ0) is 10.3. The van der Waals surface area contributed by atoms with Gasteiger partial charge >= 0.3 is 0 Å². The molecule has 0 unspecified atom stereocenters. The van der Waals surface area contributed by atoms with E-state index in [4.69, 9.17) is 11.6 Å². The summed E-state index contributed by atoms with van der Waals surface area (Å²) in [7, 11) is 0. The second kappa shape index (κ2) is 3.16. The lowest BCUT2D eigenvalue weighted by Gasteiger charge is -2.33. The molecule has 0 atom stereocenters. The Bertz CT molecular complexity index is 369. The molecule has 1 heterocycles. The molecule has 76 valence electrons. The normalized spacial score (nSPS) is 18.6. The minimum absolute atomic E-state index is 0.354. The van der Waals surface area contributed by atoms with Gasteiger partial charge in [-0.2, -0.15) is 0 Å². The Labute approximate surface area is 90.5 Å². The molecule has 1 aliphatic heterocycles. The average Bonchev–Trinajstić information content (AvgIpc) is 2.10. The average molecular weight is 210 g/mol. The third-order valence-electron chi connectivity index (χ3n) is 2.90. The summed E-state index contributed by atoms with van der Waals surface area (Å²) in [6.45, 7) is 7.67. The highest BCUT2D eigenvalue weighted by Gasteiger charge is 2.25. The van der Waals surface area contributed by atoms with Crippen molar-refractivity contribution in [2.75, 3.05) is 11.9 Å². The lowest BCUT2D eigenvalue weighted by molar-refractivity contribution is 0.379. The van der Waals surface area contributed by atoms with Crippen molar-refractivity contribution in [1.82, 2.24) is 0 Å². The van der Waals surface area contributed by atoms with Gasteiger partial charge < -0.3 is 5.32 Å². The molecule has 2 heteroatoms. The van der Waals surface area contributed by atoms with Crippen LogP contribution in [0, 0.1) is 12.3 Å². The van der Waals surface area contributed by atoms with E-state index in [2.05, 4.69) is 32.2 Å². The molecule has 0 aromatic heterocycles. The van der Waals surface area contributed by atoms with Gasteiger partial charge in [-0.05, 0) is 36.0 Å². The van der Waals surface area contributed by atoms with E-state index in [1.807, 2.05) is 6.07 Å². The fourth-order valence-corrected chi connectivity index (χ4v) is 2.20. The molecule has 1 aromatic carbocycles. The first kappa shape index (κ1) is 9.85. The highest BCUT2D eigenvalue weighted by molar-refractivity contribution is 6.31. The third kappa shape index (κ3) is 1.61. The Morgan fingerprint density at radius 1 is 1.36 bits per heavy atom. The van der Waals surface area contributed by atoms with Gasteiger partial charge in [0.15, 0.2) is 0 Å². The molecule has 1 aliphatic rings. The van der Waals surface area contributed by atoms with E-state index in [9.17, 15) is 0 Å². The van der Waals surface area contributed by atoms with Gasteiger partial charge in [0.25, 0.3) is 0 Å². The highest BCUT2D eigenvalue weighted by atomic mass is 35.5. The molecule has 2 rings (SSSR count). The molecule has 1 nitrogen and oxygen atoms in total. The number of hydrogen-bond donors (Lipinski definition) is 1. The topological polar surface area (TPSA) is 12.0 Å². The number of rotatable bonds is 0. The molecule has 0 radical (unpaired) electrons. The lowest BCUT2D eigenvalue weighted by Crippen LogP contribution is -2.31. The molecule has 0 saturated carbocycles. The van der Waals surface area contributed by atoms with Crippen LogP contribution in [0.2, 0.25) is 5.02 Å². The molecule has 0 fully saturated rings. The summed E-state index contributed by atoms with van der Waals surface area (Å²) in [6.07, 6.45) is 1.13. The van der Waals surface area contributed by atoms with Crippen molar-refractivity contribution in [2.45, 2.75) is 27.2 Å². The second-order valence-corrected chi connectivity index (χ2v) is 5.31. The van der Waals surface area contributed by atoms with Crippen molar-refractivity contribution < 1.29 is 0 Å². The fourth-order valence-electron chi connectivity index (χ4n) is 2.04. The van der Waals surface area contributed by atoms with E-state index in [-0.39, 0.29) is 0 Å². The number of nitrogens with one attached hydrogen (secondary N) is 1. The Kier molecular flexibility index (Phi) is 2.23. The summed E-state index contributed by atoms with van der Waals surface area (Å²) in [4.78, 5) is 0. The highest BCUT2D eigenvalue weighted by Crippen LogP contribution is 2.36. The largest absolute Gasteiger partial charge is 0.384 e. The van der Waals surface area contributed by atoms with Crippen LogP contribution in [0.3, 0.4) is 0 Å². The second-order valence-electron chi connectivity index (χ2n) is 4.90. The van der Waals surface area contributed by atoms with E-state index in [0.29, 0.717) is 5.41 Å². The van der Waals surface area contributed by atoms with E-state index in [0.717, 1.165) is 18.0 Å². The van der Waals surface area contributed by atoms with Gasteiger partial charge in [-0.3, -0.25) is 0 Å². The van der Waals surface area contributed by atoms with Gasteiger partial charge in [0.2, 0.25) is 0 Å². The SMILES string of the molecule is Cc1c(Cl)ccc2c1NCC(C)(C)C2. The molecule has 14 heavy (non-hydrogen) atoms. The molecule has 1 aromatic rings. The van der Waals surface area contributed by atoms with Crippen LogP contribution in [0.25, 0.3) is 0 Å². The van der Waals surface area contributed by atoms with Gasteiger partial charge in [0.05, 0.1) is 0 Å². The van der Waals surface area contributed by atoms with E-state index in [1.54, 1.807) is 0 Å². The van der Waals surface area contributed by atoms with Crippen LogP contribution >= 0.6 is 11.6 Å². The van der Waals surface area contributed by atoms with Gasteiger partial charge in [-0.15, -0.1) is 0 Å². The zero-order valence-electron chi connectivity index (χ0n) is 8.95. The maximum atomic E-state index is 6.08. The zero-order valence-corrected chi connectivity index (χ0v) is 9.70. The van der Waals surface area contributed by atoms with Crippen LogP contribution in [0.1, 0.15) is 25.0 Å². The van der Waals surface area contributed by atoms with Gasteiger partial charge in [0.1, 0.15) is 0 Å². The Hall–Kier alpha value is -0.690. The summed E-state index contributed by atoms with van der Waals surface area (Å²) >= 11 is 6.08. The molecule has 0 bridgehead atoms. The number of hydrogen-bond acceptors (Lipinski definition) is 1. The molecule has 0 spiro atoms. The number of anilines is 1. The van der Waals surface area contributed by atoms with Gasteiger partial charge in [-0.1, -0.05) is 31.5 Å². The van der Waals surface area contributed by atoms with Crippen LogP contribution in [-0.2, 0) is 6.42 Å². The Balaban J connectivity index is 2.46. The first-order valence-corrected chi connectivity index (χ1v) is 5.39. The van der Waals surface area contributed by atoms with E-state index < -0.39 is 0 Å². The molecule has 0 amide bonds. The molecule has 1 N–H and O–H groups in total. The third-order valence-corrected chi connectivity index (χ3v) is 3.31. The fraction of sp³-hybridized carbons (Fsp3) is 0.500. The summed E-state index contributed by atoms with van der Waals surface area (Å²) in [5.74, 6) is 0. The van der Waals surface area contributed by atoms with Gasteiger partial charge in [0, 0.05) is 17.3 Å². The Morgan fingerprint density at radius 3 is 2.79 bits per heavy atom. The first-order chi connectivity index (χ1) is 6.49. The standard InChI is InChI=1S/C12H16ClN/c1-8-10(13)5-4-9-6-12(2,3)7-14-11(8)9/h4-5,14H,6-7H2,1-3H3. The van der Waals surface area contributed by atoms with Crippen molar-refractivity contribution in [3.63, 3.8) is 0 Å². The summed E-state index contributed by atoms with van der Waals surface area (Å²) in [5.41, 5.74) is 4.17. The summed E-state index contributed by atoms with van der Waals surface area (Å²) in [6, 6.07) is 4.14. The minimum Gasteiger partial charge on any atom is -0.384 e. The van der Waals surface area contributed by atoms with Crippen LogP contribution in [-0.4, -0.2) is 6.54 Å². The van der Waals surface area contributed by atoms with Crippen LogP contribution in [0.15, 0.2) is 12.1 Å². The number of benzene rings is 1. The van der Waals surface area contributed by atoms with Crippen LogP contribution in [0.5, 0.6) is 0 Å². The van der Waals surface area contributed by atoms with Crippen LogP contribution < -0.4 is 5.32 Å². The van der Waals surface area contributed by atoms with Crippen molar-refractivity contribution in [3.8, 4) is 0 Å². The summed E-state index contributed by atoms with van der Waals surface area (Å²) in [5, 5.41) is 4.33. The Morgan fingerprint density at radius 2 is 2.07 bits per heavy atom. The van der Waals surface area contributed by atoms with E-state index >= 15 is 0 Å². The molecular weight excluding hydrogens is 194 g/mol. The predicted molar refractivity (Wildman–Crippen MR) is 62.2 cm³/mol. The van der Waals surface area contributed by atoms with Crippen molar-refractivity contribution in [3.05, 3.63) is 28.3 Å². The number of halogens is 1. The lowest BCUT2D eigenvalue weighted by atomic mass is 9.81. The number of fused-ring (bicyclic) bond motifs is 1. The van der Waals surface area contributed by atoms with Crippen LogP contribution in [0.4, 0.5) is 5.69 Å². The van der Waals surface area contributed by atoms with Gasteiger partial charge in [-0.25, -0.2) is 0 Å². The maximum absolute atomic E-state index is 6.08. The van der Waals surface area contributed by atoms with Crippen molar-refractivity contribution in [2.24, 2.45) is 5.41 Å². The predicted octanol–water partition coefficient (Wildman–Crippen LogP) is 3.64. The smallest absolute Gasteiger partial charge is 0.0455 e. The molecular formula is C12H16ClN. The van der Waals surface area contributed by atoms with E-state index in [1.165, 1.54) is 16.8 Å². The summed E-state index contributed by atoms with van der Waals surface area (Å²) < 4.78 is 0.